The Morgan fingerprint density at radius 2 is 1.70 bits per heavy atom. The number of hydrogen-bond donors (Lipinski definition) is 0. The molecular formula is C18H28BNO3. The van der Waals surface area contributed by atoms with E-state index in [0.29, 0.717) is 6.04 Å². The summed E-state index contributed by atoms with van der Waals surface area (Å²) in [6.07, 6.45) is 0. The average Bonchev–Trinajstić information content (AvgIpc) is 2.71. The third-order valence-electron chi connectivity index (χ3n) is 5.40. The summed E-state index contributed by atoms with van der Waals surface area (Å²) in [6, 6.07) is 9.10. The van der Waals surface area contributed by atoms with E-state index < -0.39 is 0 Å². The molecule has 1 aromatic carbocycles. The summed E-state index contributed by atoms with van der Waals surface area (Å²) >= 11 is 0. The van der Waals surface area contributed by atoms with Gasteiger partial charge in [0.25, 0.3) is 0 Å². The van der Waals surface area contributed by atoms with E-state index in [-0.39, 0.29) is 18.3 Å². The summed E-state index contributed by atoms with van der Waals surface area (Å²) in [5.74, 6) is 0. The van der Waals surface area contributed by atoms with Crippen molar-refractivity contribution < 1.29 is 14.0 Å². The van der Waals surface area contributed by atoms with E-state index in [0.717, 1.165) is 31.8 Å². The van der Waals surface area contributed by atoms with Crippen molar-refractivity contribution >= 4 is 12.6 Å². The highest BCUT2D eigenvalue weighted by Crippen LogP contribution is 2.36. The first-order chi connectivity index (χ1) is 10.8. The predicted octanol–water partition coefficient (Wildman–Crippen LogP) is 2.21. The first kappa shape index (κ1) is 17.0. The van der Waals surface area contributed by atoms with Gasteiger partial charge in [-0.3, -0.25) is 4.90 Å². The fraction of sp³-hybridized carbons (Fsp3) is 0.667. The molecule has 0 aromatic heterocycles. The van der Waals surface area contributed by atoms with Gasteiger partial charge >= 0.3 is 7.12 Å². The highest BCUT2D eigenvalue weighted by Gasteiger charge is 2.51. The second kappa shape index (κ2) is 6.21. The maximum Gasteiger partial charge on any atom is 0.494 e. The van der Waals surface area contributed by atoms with Crippen LogP contribution in [0.25, 0.3) is 0 Å². The first-order valence-electron chi connectivity index (χ1n) is 8.55. The molecule has 0 aliphatic carbocycles. The topological polar surface area (TPSA) is 30.9 Å². The summed E-state index contributed by atoms with van der Waals surface area (Å²) in [6.45, 7) is 14.2. The average molecular weight is 317 g/mol. The van der Waals surface area contributed by atoms with Gasteiger partial charge in [0.15, 0.2) is 0 Å². The van der Waals surface area contributed by atoms with Gasteiger partial charge < -0.3 is 14.0 Å². The van der Waals surface area contributed by atoms with Crippen molar-refractivity contribution in [2.75, 3.05) is 19.8 Å². The zero-order valence-electron chi connectivity index (χ0n) is 15.0. The van der Waals surface area contributed by atoms with Crippen LogP contribution in [-0.2, 0) is 20.6 Å². The molecule has 5 heteroatoms. The Hall–Kier alpha value is -0.875. The molecule has 1 atom stereocenters. The Morgan fingerprint density at radius 1 is 1.09 bits per heavy atom. The largest absolute Gasteiger partial charge is 0.494 e. The first-order valence-corrected chi connectivity index (χ1v) is 8.55. The third kappa shape index (κ3) is 3.48. The van der Waals surface area contributed by atoms with Gasteiger partial charge in [0.1, 0.15) is 0 Å². The van der Waals surface area contributed by atoms with Crippen molar-refractivity contribution in [2.45, 2.75) is 58.4 Å². The lowest BCUT2D eigenvalue weighted by molar-refractivity contribution is -0.00436. The van der Waals surface area contributed by atoms with Crippen molar-refractivity contribution in [2.24, 2.45) is 0 Å². The van der Waals surface area contributed by atoms with Gasteiger partial charge in [0.05, 0.1) is 24.4 Å². The third-order valence-corrected chi connectivity index (χ3v) is 5.40. The lowest BCUT2D eigenvalue weighted by Gasteiger charge is -2.33. The zero-order chi connectivity index (χ0) is 16.7. The number of benzene rings is 1. The Labute approximate surface area is 140 Å². The molecule has 0 unspecified atom stereocenters. The van der Waals surface area contributed by atoms with Crippen LogP contribution in [-0.4, -0.2) is 49.0 Å². The number of rotatable bonds is 3. The molecule has 4 nitrogen and oxygen atoms in total. The van der Waals surface area contributed by atoms with E-state index in [1.54, 1.807) is 0 Å². The molecule has 23 heavy (non-hydrogen) atoms. The zero-order valence-corrected chi connectivity index (χ0v) is 15.0. The lowest BCUT2D eigenvalue weighted by Crippen LogP contribution is -2.43. The van der Waals surface area contributed by atoms with Gasteiger partial charge in [-0.05, 0) is 45.6 Å². The van der Waals surface area contributed by atoms with E-state index in [2.05, 4.69) is 63.8 Å². The van der Waals surface area contributed by atoms with Gasteiger partial charge in [-0.25, -0.2) is 0 Å². The highest BCUT2D eigenvalue weighted by molar-refractivity contribution is 6.62. The number of morpholine rings is 1. The van der Waals surface area contributed by atoms with Crippen LogP contribution in [0.5, 0.6) is 0 Å². The normalized spacial score (nSPS) is 27.3. The monoisotopic (exact) mass is 317 g/mol. The quantitative estimate of drug-likeness (QED) is 0.800. The lowest BCUT2D eigenvalue weighted by atomic mass is 9.79. The summed E-state index contributed by atoms with van der Waals surface area (Å²) in [5, 5.41) is 0. The highest BCUT2D eigenvalue weighted by atomic mass is 16.7. The Bertz CT molecular complexity index is 528. The molecule has 126 valence electrons. The van der Waals surface area contributed by atoms with Gasteiger partial charge in [0, 0.05) is 19.1 Å². The SMILES string of the molecule is C[C@H]1COCCN1Cc1ccc(B2OC(C)(C)C(C)(C)O2)cc1. The van der Waals surface area contributed by atoms with Crippen LogP contribution in [0.15, 0.2) is 24.3 Å². The fourth-order valence-electron chi connectivity index (χ4n) is 2.99. The van der Waals surface area contributed by atoms with Gasteiger partial charge in [0.2, 0.25) is 0 Å². The van der Waals surface area contributed by atoms with Crippen LogP contribution in [0.4, 0.5) is 0 Å². The smallest absolute Gasteiger partial charge is 0.399 e. The summed E-state index contributed by atoms with van der Waals surface area (Å²) in [5.41, 5.74) is 1.82. The van der Waals surface area contributed by atoms with Gasteiger partial charge in [-0.1, -0.05) is 24.3 Å². The minimum absolute atomic E-state index is 0.281. The van der Waals surface area contributed by atoms with Crippen LogP contribution < -0.4 is 5.46 Å². The molecule has 1 aromatic rings. The minimum atomic E-state index is -0.292. The molecule has 2 aliphatic heterocycles. The standard InChI is InChI=1S/C18H28BNO3/c1-14-13-21-11-10-20(14)12-15-6-8-16(9-7-15)19-22-17(2,3)18(4,5)23-19/h6-9,14H,10-13H2,1-5H3/t14-/m0/s1. The van der Waals surface area contributed by atoms with Crippen molar-refractivity contribution in [3.63, 3.8) is 0 Å². The van der Waals surface area contributed by atoms with Gasteiger partial charge in [-0.2, -0.15) is 0 Å². The molecule has 2 fully saturated rings. The van der Waals surface area contributed by atoms with E-state index >= 15 is 0 Å². The molecule has 0 N–H and O–H groups in total. The Kier molecular flexibility index (Phi) is 4.58. The Balaban J connectivity index is 1.66. The van der Waals surface area contributed by atoms with Crippen LogP contribution in [0.2, 0.25) is 0 Å². The molecule has 2 saturated heterocycles. The molecule has 2 heterocycles. The maximum atomic E-state index is 6.11. The van der Waals surface area contributed by atoms with Gasteiger partial charge in [-0.15, -0.1) is 0 Å². The number of ether oxygens (including phenoxy) is 1. The molecule has 2 aliphatic rings. The number of nitrogens with zero attached hydrogens (tertiary/aromatic N) is 1. The summed E-state index contributed by atoms with van der Waals surface area (Å²) in [4.78, 5) is 2.47. The van der Waals surface area contributed by atoms with E-state index in [9.17, 15) is 0 Å². The number of hydrogen-bond acceptors (Lipinski definition) is 4. The van der Waals surface area contributed by atoms with Crippen LogP contribution in [0, 0.1) is 0 Å². The predicted molar refractivity (Wildman–Crippen MR) is 92.8 cm³/mol. The van der Waals surface area contributed by atoms with Crippen molar-refractivity contribution in [3.8, 4) is 0 Å². The molecule has 0 amide bonds. The van der Waals surface area contributed by atoms with Crippen molar-refractivity contribution in [1.29, 1.82) is 0 Å². The Morgan fingerprint density at radius 3 is 2.26 bits per heavy atom. The van der Waals surface area contributed by atoms with Crippen LogP contribution in [0.1, 0.15) is 40.2 Å². The molecule has 0 spiro atoms. The fourth-order valence-corrected chi connectivity index (χ4v) is 2.99. The van der Waals surface area contributed by atoms with E-state index in [1.807, 2.05) is 0 Å². The van der Waals surface area contributed by atoms with Crippen molar-refractivity contribution in [1.82, 2.24) is 4.90 Å². The van der Waals surface area contributed by atoms with Crippen molar-refractivity contribution in [3.05, 3.63) is 29.8 Å². The summed E-state index contributed by atoms with van der Waals surface area (Å²) < 4.78 is 17.7. The second-order valence-corrected chi connectivity index (χ2v) is 7.72. The molecule has 0 bridgehead atoms. The minimum Gasteiger partial charge on any atom is -0.399 e. The molecule has 0 saturated carbocycles. The van der Waals surface area contributed by atoms with E-state index in [1.165, 1.54) is 5.56 Å². The maximum absolute atomic E-state index is 6.11. The second-order valence-electron chi connectivity index (χ2n) is 7.72. The van der Waals surface area contributed by atoms with E-state index in [4.69, 9.17) is 14.0 Å². The molecule has 0 radical (unpaired) electrons. The molecular weight excluding hydrogens is 289 g/mol. The summed E-state index contributed by atoms with van der Waals surface area (Å²) in [7, 11) is -0.281. The molecule has 3 rings (SSSR count). The van der Waals surface area contributed by atoms with Crippen LogP contribution >= 0.6 is 0 Å². The van der Waals surface area contributed by atoms with Crippen LogP contribution in [0.3, 0.4) is 0 Å².